The molecule has 4 N–H and O–H groups in total. The third-order valence-corrected chi connectivity index (χ3v) is 3.90. The fraction of sp³-hybridized carbons (Fsp3) is 0.364. The molecule has 18 heavy (non-hydrogen) atoms. The number of nitrogens with one attached hydrogen (secondary N) is 2. The Balaban J connectivity index is 3.08. The number of carbonyl (C=O) groups excluding carboxylic acids is 1. The Labute approximate surface area is 107 Å². The largest absolute Gasteiger partial charge is 0.384 e. The van der Waals surface area contributed by atoms with Crippen LogP contribution in [0.15, 0.2) is 29.2 Å². The second-order valence-corrected chi connectivity index (χ2v) is 5.45. The van der Waals surface area contributed by atoms with Crippen LogP contribution in [0, 0.1) is 0 Å². The second kappa shape index (κ2) is 5.83. The number of nitrogens with two attached hydrogens (primary N) is 1. The molecule has 7 heteroatoms. The van der Waals surface area contributed by atoms with Crippen LogP contribution >= 0.6 is 0 Å². The van der Waals surface area contributed by atoms with Crippen LogP contribution in [0.5, 0.6) is 0 Å². The molecule has 0 heterocycles. The standard InChI is InChI=1S/C11H17N3O3S/c1-3-13-9-6-4-5-7-10(9)18(16,17)14-8(2)11(12)15/h4-8,13-14H,3H2,1-2H3,(H2,12,15). The number of benzene rings is 1. The van der Waals surface area contributed by atoms with Crippen LogP contribution in [-0.2, 0) is 14.8 Å². The van der Waals surface area contributed by atoms with E-state index in [4.69, 9.17) is 5.73 Å². The molecule has 0 aromatic heterocycles. The van der Waals surface area contributed by atoms with E-state index >= 15 is 0 Å². The van der Waals surface area contributed by atoms with E-state index in [2.05, 4.69) is 10.0 Å². The number of hydrogen-bond acceptors (Lipinski definition) is 4. The Morgan fingerprint density at radius 1 is 1.39 bits per heavy atom. The van der Waals surface area contributed by atoms with Gasteiger partial charge in [-0.1, -0.05) is 12.1 Å². The Morgan fingerprint density at radius 2 is 2.00 bits per heavy atom. The maximum atomic E-state index is 12.1. The molecule has 0 spiro atoms. The predicted molar refractivity (Wildman–Crippen MR) is 69.6 cm³/mol. The summed E-state index contributed by atoms with van der Waals surface area (Å²) < 4.78 is 26.4. The van der Waals surface area contributed by atoms with Gasteiger partial charge in [-0.2, -0.15) is 4.72 Å². The maximum Gasteiger partial charge on any atom is 0.243 e. The number of para-hydroxylation sites is 1. The van der Waals surface area contributed by atoms with Crippen molar-refractivity contribution in [2.45, 2.75) is 24.8 Å². The van der Waals surface area contributed by atoms with Gasteiger partial charge >= 0.3 is 0 Å². The van der Waals surface area contributed by atoms with Crippen LogP contribution < -0.4 is 15.8 Å². The summed E-state index contributed by atoms with van der Waals surface area (Å²) in [4.78, 5) is 11.0. The van der Waals surface area contributed by atoms with Crippen molar-refractivity contribution in [1.29, 1.82) is 0 Å². The number of sulfonamides is 1. The quantitative estimate of drug-likeness (QED) is 0.691. The van der Waals surface area contributed by atoms with E-state index < -0.39 is 22.0 Å². The van der Waals surface area contributed by atoms with E-state index in [-0.39, 0.29) is 4.90 Å². The molecular weight excluding hydrogens is 254 g/mol. The minimum atomic E-state index is -3.77. The Bertz CT molecular complexity index is 528. The van der Waals surface area contributed by atoms with Gasteiger partial charge in [-0.15, -0.1) is 0 Å². The molecular formula is C11H17N3O3S. The molecule has 0 aliphatic heterocycles. The fourth-order valence-electron chi connectivity index (χ4n) is 1.39. The molecule has 0 bridgehead atoms. The summed E-state index contributed by atoms with van der Waals surface area (Å²) in [5, 5.41) is 2.95. The van der Waals surface area contributed by atoms with E-state index in [1.54, 1.807) is 18.2 Å². The van der Waals surface area contributed by atoms with Crippen LogP contribution in [0.3, 0.4) is 0 Å². The summed E-state index contributed by atoms with van der Waals surface area (Å²) >= 11 is 0. The van der Waals surface area contributed by atoms with Gasteiger partial charge in [-0.3, -0.25) is 4.79 Å². The lowest BCUT2D eigenvalue weighted by Gasteiger charge is -2.14. The van der Waals surface area contributed by atoms with Gasteiger partial charge < -0.3 is 11.1 Å². The van der Waals surface area contributed by atoms with Gasteiger partial charge in [0.05, 0.1) is 11.7 Å². The lowest BCUT2D eigenvalue weighted by Crippen LogP contribution is -2.42. The van der Waals surface area contributed by atoms with E-state index in [9.17, 15) is 13.2 Å². The minimum Gasteiger partial charge on any atom is -0.384 e. The van der Waals surface area contributed by atoms with Crippen molar-refractivity contribution in [2.75, 3.05) is 11.9 Å². The molecule has 1 atom stereocenters. The van der Waals surface area contributed by atoms with E-state index in [1.165, 1.54) is 13.0 Å². The summed E-state index contributed by atoms with van der Waals surface area (Å²) in [6.07, 6.45) is 0. The molecule has 0 saturated carbocycles. The zero-order valence-electron chi connectivity index (χ0n) is 10.3. The van der Waals surface area contributed by atoms with Gasteiger partial charge in [0.2, 0.25) is 15.9 Å². The maximum absolute atomic E-state index is 12.1. The first kappa shape index (κ1) is 14.5. The Hall–Kier alpha value is -1.60. The summed E-state index contributed by atoms with van der Waals surface area (Å²) in [6, 6.07) is 5.52. The monoisotopic (exact) mass is 271 g/mol. The highest BCUT2D eigenvalue weighted by Gasteiger charge is 2.22. The highest BCUT2D eigenvalue weighted by molar-refractivity contribution is 7.89. The van der Waals surface area contributed by atoms with Crippen molar-refractivity contribution in [3.8, 4) is 0 Å². The lowest BCUT2D eigenvalue weighted by molar-refractivity contribution is -0.119. The molecule has 6 nitrogen and oxygen atoms in total. The van der Waals surface area contributed by atoms with Gasteiger partial charge in [-0.25, -0.2) is 8.42 Å². The first-order valence-electron chi connectivity index (χ1n) is 5.53. The normalized spacial score (nSPS) is 13.0. The Morgan fingerprint density at radius 3 is 2.56 bits per heavy atom. The second-order valence-electron chi connectivity index (χ2n) is 3.77. The van der Waals surface area contributed by atoms with E-state index in [1.807, 2.05) is 6.92 Å². The minimum absolute atomic E-state index is 0.0972. The number of rotatable bonds is 6. The number of amides is 1. The van der Waals surface area contributed by atoms with Crippen LogP contribution in [0.4, 0.5) is 5.69 Å². The fourth-order valence-corrected chi connectivity index (χ4v) is 2.79. The highest BCUT2D eigenvalue weighted by Crippen LogP contribution is 2.20. The average molecular weight is 271 g/mol. The molecule has 0 aliphatic rings. The lowest BCUT2D eigenvalue weighted by atomic mass is 10.3. The topological polar surface area (TPSA) is 101 Å². The van der Waals surface area contributed by atoms with Crippen molar-refractivity contribution in [1.82, 2.24) is 4.72 Å². The zero-order chi connectivity index (χ0) is 13.8. The van der Waals surface area contributed by atoms with Crippen molar-refractivity contribution in [3.63, 3.8) is 0 Å². The van der Waals surface area contributed by atoms with Crippen LogP contribution in [0.2, 0.25) is 0 Å². The van der Waals surface area contributed by atoms with Crippen LogP contribution in [0.1, 0.15) is 13.8 Å². The number of primary amides is 1. The molecule has 1 rings (SSSR count). The van der Waals surface area contributed by atoms with Gasteiger partial charge in [-0.05, 0) is 26.0 Å². The predicted octanol–water partition coefficient (Wildman–Crippen LogP) is 0.270. The number of anilines is 1. The first-order valence-corrected chi connectivity index (χ1v) is 7.01. The zero-order valence-corrected chi connectivity index (χ0v) is 11.1. The van der Waals surface area contributed by atoms with E-state index in [0.717, 1.165) is 0 Å². The SMILES string of the molecule is CCNc1ccccc1S(=O)(=O)NC(C)C(N)=O. The molecule has 1 aromatic carbocycles. The summed E-state index contributed by atoms with van der Waals surface area (Å²) in [7, 11) is -3.77. The molecule has 0 saturated heterocycles. The molecule has 1 amide bonds. The molecule has 0 aliphatic carbocycles. The molecule has 100 valence electrons. The van der Waals surface area contributed by atoms with Crippen molar-refractivity contribution in [3.05, 3.63) is 24.3 Å². The molecule has 0 radical (unpaired) electrons. The van der Waals surface area contributed by atoms with Gasteiger partial charge in [0, 0.05) is 6.54 Å². The Kier molecular flexibility index (Phi) is 4.69. The van der Waals surface area contributed by atoms with Crippen LogP contribution in [-0.4, -0.2) is 26.9 Å². The van der Waals surface area contributed by atoms with Gasteiger partial charge in [0.25, 0.3) is 0 Å². The number of carbonyl (C=O) groups is 1. The molecule has 1 unspecified atom stereocenters. The smallest absolute Gasteiger partial charge is 0.243 e. The van der Waals surface area contributed by atoms with Gasteiger partial charge in [0.1, 0.15) is 4.90 Å². The summed E-state index contributed by atoms with van der Waals surface area (Å²) in [5.74, 6) is -0.723. The highest BCUT2D eigenvalue weighted by atomic mass is 32.2. The molecule has 0 fully saturated rings. The number of hydrogen-bond donors (Lipinski definition) is 3. The molecule has 1 aromatic rings. The average Bonchev–Trinajstić information content (AvgIpc) is 2.29. The van der Waals surface area contributed by atoms with Crippen molar-refractivity contribution in [2.24, 2.45) is 5.73 Å². The third kappa shape index (κ3) is 3.44. The summed E-state index contributed by atoms with van der Waals surface area (Å²) in [6.45, 7) is 3.86. The van der Waals surface area contributed by atoms with Crippen molar-refractivity contribution >= 4 is 21.6 Å². The third-order valence-electron chi connectivity index (χ3n) is 2.30. The van der Waals surface area contributed by atoms with Crippen molar-refractivity contribution < 1.29 is 13.2 Å². The van der Waals surface area contributed by atoms with E-state index in [0.29, 0.717) is 12.2 Å². The summed E-state index contributed by atoms with van der Waals surface area (Å²) in [5.41, 5.74) is 5.53. The first-order chi connectivity index (χ1) is 8.38. The van der Waals surface area contributed by atoms with Crippen LogP contribution in [0.25, 0.3) is 0 Å². The van der Waals surface area contributed by atoms with Gasteiger partial charge in [0.15, 0.2) is 0 Å².